The highest BCUT2D eigenvalue weighted by atomic mass is 19.1. The van der Waals surface area contributed by atoms with E-state index < -0.39 is 10.7 Å². The average molecular weight is 312 g/mol. The quantitative estimate of drug-likeness (QED) is 0.420. The number of halogens is 1. The Morgan fingerprint density at radius 1 is 1.17 bits per heavy atom. The third-order valence-corrected chi connectivity index (χ3v) is 3.21. The molecule has 0 fully saturated rings. The second-order valence-electron chi connectivity index (χ2n) is 4.64. The van der Waals surface area contributed by atoms with Crippen LogP contribution in [-0.4, -0.2) is 26.2 Å². The Morgan fingerprint density at radius 2 is 1.91 bits per heavy atom. The summed E-state index contributed by atoms with van der Waals surface area (Å²) in [5.74, 6) is -0.421. The Morgan fingerprint density at radius 3 is 2.57 bits per heavy atom. The Labute approximate surface area is 129 Å². The first-order valence-electron chi connectivity index (χ1n) is 6.52. The number of non-ortho nitro benzene ring substituents is 1. The summed E-state index contributed by atoms with van der Waals surface area (Å²) in [6, 6.07) is 11.2. The second kappa shape index (κ2) is 5.76. The molecule has 1 heterocycles. The number of carbonyl (C=O) groups is 1. The maximum absolute atomic E-state index is 13.1. The molecule has 0 atom stereocenters. The molecule has 1 aromatic heterocycles. The minimum Gasteiger partial charge on any atom is -0.296 e. The van der Waals surface area contributed by atoms with Crippen LogP contribution in [0.1, 0.15) is 10.5 Å². The molecule has 0 saturated carbocycles. The topological polar surface area (TPSA) is 90.9 Å². The number of carbonyl (C=O) groups excluding carboxylic acids is 1. The van der Waals surface area contributed by atoms with Gasteiger partial charge < -0.3 is 0 Å². The average Bonchev–Trinajstić information content (AvgIpc) is 2.99. The van der Waals surface area contributed by atoms with Crippen LogP contribution < -0.4 is 0 Å². The van der Waals surface area contributed by atoms with Crippen LogP contribution in [0.15, 0.2) is 48.5 Å². The summed E-state index contributed by atoms with van der Waals surface area (Å²) in [7, 11) is 0. The highest BCUT2D eigenvalue weighted by molar-refractivity contribution is 5.84. The Kier molecular flexibility index (Phi) is 3.63. The van der Waals surface area contributed by atoms with E-state index in [2.05, 4.69) is 10.3 Å². The monoisotopic (exact) mass is 312 g/mol. The van der Waals surface area contributed by atoms with Gasteiger partial charge in [0.05, 0.1) is 10.6 Å². The van der Waals surface area contributed by atoms with Crippen LogP contribution in [0.25, 0.3) is 16.9 Å². The first-order chi connectivity index (χ1) is 11.1. The lowest BCUT2D eigenvalue weighted by Gasteiger charge is -2.07. The number of nitrogens with zero attached hydrogens (tertiary/aromatic N) is 4. The molecule has 0 unspecified atom stereocenters. The number of nitro benzene ring substituents is 1. The number of hydrogen-bond acceptors (Lipinski definition) is 5. The highest BCUT2D eigenvalue weighted by Crippen LogP contribution is 2.26. The van der Waals surface area contributed by atoms with Crippen molar-refractivity contribution in [1.29, 1.82) is 0 Å². The van der Waals surface area contributed by atoms with Crippen LogP contribution in [0, 0.1) is 15.9 Å². The normalized spacial score (nSPS) is 10.5. The van der Waals surface area contributed by atoms with Crippen LogP contribution in [0.5, 0.6) is 0 Å². The number of aldehydes is 1. The molecule has 0 N–H and O–H groups in total. The number of aromatic nitrogens is 3. The van der Waals surface area contributed by atoms with E-state index in [1.165, 1.54) is 47.1 Å². The zero-order valence-electron chi connectivity index (χ0n) is 11.6. The molecule has 0 saturated heterocycles. The summed E-state index contributed by atoms with van der Waals surface area (Å²) in [6.45, 7) is 0. The fraction of sp³-hybridized carbons (Fsp3) is 0. The summed E-state index contributed by atoms with van der Waals surface area (Å²) in [5.41, 5.74) is 1.17. The van der Waals surface area contributed by atoms with Gasteiger partial charge in [-0.2, -0.15) is 0 Å². The molecule has 114 valence electrons. The van der Waals surface area contributed by atoms with Gasteiger partial charge in [0.15, 0.2) is 12.0 Å². The van der Waals surface area contributed by atoms with Crippen LogP contribution in [0.4, 0.5) is 10.1 Å². The molecule has 0 spiro atoms. The van der Waals surface area contributed by atoms with E-state index in [4.69, 9.17) is 0 Å². The maximum atomic E-state index is 13.1. The lowest BCUT2D eigenvalue weighted by molar-refractivity contribution is -0.384. The van der Waals surface area contributed by atoms with Crippen molar-refractivity contribution in [3.05, 3.63) is 70.2 Å². The molecule has 0 aliphatic heterocycles. The minimum atomic E-state index is -0.529. The SMILES string of the molecule is O=Cc1nnn(-c2cccc([N+](=O)[O-])c2)c1-c1ccc(F)cc1. The van der Waals surface area contributed by atoms with E-state index in [1.807, 2.05) is 0 Å². The zero-order valence-corrected chi connectivity index (χ0v) is 11.6. The Bertz CT molecular complexity index is 890. The van der Waals surface area contributed by atoms with Gasteiger partial charge in [-0.1, -0.05) is 11.3 Å². The van der Waals surface area contributed by atoms with Crippen molar-refractivity contribution in [2.75, 3.05) is 0 Å². The van der Waals surface area contributed by atoms with E-state index in [0.717, 1.165) is 0 Å². The second-order valence-corrected chi connectivity index (χ2v) is 4.64. The lowest BCUT2D eigenvalue weighted by Crippen LogP contribution is -2.01. The fourth-order valence-electron chi connectivity index (χ4n) is 2.17. The molecular weight excluding hydrogens is 303 g/mol. The molecule has 2 aromatic carbocycles. The molecular formula is C15H9FN4O3. The Balaban J connectivity index is 2.19. The van der Waals surface area contributed by atoms with Crippen molar-refractivity contribution in [2.24, 2.45) is 0 Å². The van der Waals surface area contributed by atoms with E-state index in [9.17, 15) is 19.3 Å². The number of rotatable bonds is 4. The van der Waals surface area contributed by atoms with Crippen molar-refractivity contribution >= 4 is 12.0 Å². The van der Waals surface area contributed by atoms with Gasteiger partial charge in [-0.25, -0.2) is 9.07 Å². The number of benzene rings is 2. The zero-order chi connectivity index (χ0) is 16.4. The summed E-state index contributed by atoms with van der Waals surface area (Å²) >= 11 is 0. The third-order valence-electron chi connectivity index (χ3n) is 3.21. The van der Waals surface area contributed by atoms with Crippen molar-refractivity contribution in [3.63, 3.8) is 0 Å². The van der Waals surface area contributed by atoms with Crippen LogP contribution in [0.2, 0.25) is 0 Å². The van der Waals surface area contributed by atoms with Gasteiger partial charge in [-0.05, 0) is 30.3 Å². The van der Waals surface area contributed by atoms with Crippen molar-refractivity contribution < 1.29 is 14.1 Å². The molecule has 23 heavy (non-hydrogen) atoms. The van der Waals surface area contributed by atoms with Crippen LogP contribution >= 0.6 is 0 Å². The van der Waals surface area contributed by atoms with Gasteiger partial charge >= 0.3 is 0 Å². The van der Waals surface area contributed by atoms with Crippen molar-refractivity contribution in [2.45, 2.75) is 0 Å². The van der Waals surface area contributed by atoms with Gasteiger partial charge in [0.1, 0.15) is 11.5 Å². The predicted molar refractivity (Wildman–Crippen MR) is 78.8 cm³/mol. The van der Waals surface area contributed by atoms with E-state index >= 15 is 0 Å². The van der Waals surface area contributed by atoms with Crippen LogP contribution in [-0.2, 0) is 0 Å². The van der Waals surface area contributed by atoms with Gasteiger partial charge in [0, 0.05) is 17.7 Å². The van der Waals surface area contributed by atoms with E-state index in [1.54, 1.807) is 6.07 Å². The standard InChI is InChI=1S/C15H9FN4O3/c16-11-6-4-10(5-7-11)15-14(9-21)17-18-19(15)12-2-1-3-13(8-12)20(22)23/h1-9H. The molecule has 0 aliphatic rings. The number of nitro groups is 1. The fourth-order valence-corrected chi connectivity index (χ4v) is 2.17. The van der Waals surface area contributed by atoms with E-state index in [-0.39, 0.29) is 11.4 Å². The predicted octanol–water partition coefficient (Wildman–Crippen LogP) is 2.79. The minimum absolute atomic E-state index is 0.0584. The van der Waals surface area contributed by atoms with Gasteiger partial charge in [-0.3, -0.25) is 14.9 Å². The van der Waals surface area contributed by atoms with Crippen LogP contribution in [0.3, 0.4) is 0 Å². The van der Waals surface area contributed by atoms with Gasteiger partial charge in [0.25, 0.3) is 5.69 Å². The maximum Gasteiger partial charge on any atom is 0.271 e. The smallest absolute Gasteiger partial charge is 0.271 e. The van der Waals surface area contributed by atoms with E-state index in [0.29, 0.717) is 23.2 Å². The largest absolute Gasteiger partial charge is 0.296 e. The van der Waals surface area contributed by atoms with Gasteiger partial charge in [0.2, 0.25) is 0 Å². The highest BCUT2D eigenvalue weighted by Gasteiger charge is 2.17. The first kappa shape index (κ1) is 14.5. The third kappa shape index (κ3) is 2.69. The molecule has 8 heteroatoms. The van der Waals surface area contributed by atoms with Crippen molar-refractivity contribution in [1.82, 2.24) is 15.0 Å². The molecule has 0 aliphatic carbocycles. The lowest BCUT2D eigenvalue weighted by atomic mass is 10.1. The molecule has 7 nitrogen and oxygen atoms in total. The summed E-state index contributed by atoms with van der Waals surface area (Å²) in [4.78, 5) is 21.6. The van der Waals surface area contributed by atoms with Crippen molar-refractivity contribution in [3.8, 4) is 16.9 Å². The molecule has 0 bridgehead atoms. The molecule has 0 radical (unpaired) electrons. The van der Waals surface area contributed by atoms with Gasteiger partial charge in [-0.15, -0.1) is 5.10 Å². The molecule has 0 amide bonds. The molecule has 3 rings (SSSR count). The summed E-state index contributed by atoms with van der Waals surface area (Å²) < 4.78 is 14.4. The summed E-state index contributed by atoms with van der Waals surface area (Å²) in [6.07, 6.45) is 0.527. The summed E-state index contributed by atoms with van der Waals surface area (Å²) in [5, 5.41) is 18.5. The first-order valence-corrected chi connectivity index (χ1v) is 6.52. The molecule has 3 aromatic rings. The Hall–Kier alpha value is -3.42. The number of hydrogen-bond donors (Lipinski definition) is 0.